The van der Waals surface area contributed by atoms with E-state index in [0.29, 0.717) is 10.4 Å². The van der Waals surface area contributed by atoms with E-state index < -0.39 is 0 Å². The summed E-state index contributed by atoms with van der Waals surface area (Å²) >= 11 is 8.54. The van der Waals surface area contributed by atoms with Crippen molar-refractivity contribution in [1.82, 2.24) is 0 Å². The fourth-order valence-electron chi connectivity index (χ4n) is 2.43. The van der Waals surface area contributed by atoms with Crippen molar-refractivity contribution in [2.45, 2.75) is 32.6 Å². The number of hydrogen-bond donors (Lipinski definition) is 2. The predicted molar refractivity (Wildman–Crippen MR) is 85.1 cm³/mol. The van der Waals surface area contributed by atoms with Gasteiger partial charge in [0.1, 0.15) is 4.99 Å². The summed E-state index contributed by atoms with van der Waals surface area (Å²) in [4.78, 5) is 0.436. The van der Waals surface area contributed by atoms with Gasteiger partial charge in [-0.05, 0) is 58.8 Å². The molecule has 1 saturated carbocycles. The molecule has 0 unspecified atom stereocenters. The van der Waals surface area contributed by atoms with E-state index in [1.807, 2.05) is 18.2 Å². The third-order valence-corrected chi connectivity index (χ3v) is 4.96. The van der Waals surface area contributed by atoms with Crippen molar-refractivity contribution in [2.75, 3.05) is 11.9 Å². The van der Waals surface area contributed by atoms with Crippen molar-refractivity contribution in [3.8, 4) is 0 Å². The van der Waals surface area contributed by atoms with Crippen LogP contribution in [0.1, 0.15) is 38.2 Å². The zero-order chi connectivity index (χ0) is 13.2. The fraction of sp³-hybridized carbons (Fsp3) is 0.500. The number of anilines is 1. The molecule has 1 aliphatic carbocycles. The van der Waals surface area contributed by atoms with Crippen LogP contribution in [0.25, 0.3) is 0 Å². The second-order valence-corrected chi connectivity index (χ2v) is 6.41. The molecule has 3 N–H and O–H groups in total. The van der Waals surface area contributed by atoms with Gasteiger partial charge in [-0.25, -0.2) is 0 Å². The second kappa shape index (κ2) is 5.57. The van der Waals surface area contributed by atoms with E-state index in [4.69, 9.17) is 18.0 Å². The lowest BCUT2D eigenvalue weighted by atomic mass is 9.67. The molecule has 98 valence electrons. The number of benzene rings is 1. The first-order valence-corrected chi connectivity index (χ1v) is 7.60. The summed E-state index contributed by atoms with van der Waals surface area (Å²) in [6.07, 6.45) is 5.32. The maximum Gasteiger partial charge on any atom is 0.104 e. The lowest BCUT2D eigenvalue weighted by Crippen LogP contribution is -2.35. The number of hydrogen-bond acceptors (Lipinski definition) is 2. The molecule has 0 amide bonds. The Labute approximate surface area is 122 Å². The van der Waals surface area contributed by atoms with Gasteiger partial charge in [-0.15, -0.1) is 0 Å². The highest BCUT2D eigenvalue weighted by Gasteiger charge is 2.34. The minimum absolute atomic E-state index is 0.436. The van der Waals surface area contributed by atoms with Crippen LogP contribution in [0.4, 0.5) is 5.69 Å². The Bertz CT molecular complexity index is 450. The number of halogens is 1. The Balaban J connectivity index is 2.03. The van der Waals surface area contributed by atoms with Crippen molar-refractivity contribution in [1.29, 1.82) is 0 Å². The van der Waals surface area contributed by atoms with Gasteiger partial charge in [0.05, 0.1) is 0 Å². The SMILES string of the molecule is CCC1(CNc2ccc(C(N)=S)cc2Br)CCC1. The zero-order valence-electron chi connectivity index (χ0n) is 10.6. The van der Waals surface area contributed by atoms with Crippen LogP contribution in [0.2, 0.25) is 0 Å². The molecule has 1 aliphatic rings. The summed E-state index contributed by atoms with van der Waals surface area (Å²) in [5.41, 5.74) is 8.15. The van der Waals surface area contributed by atoms with Crippen molar-refractivity contribution < 1.29 is 0 Å². The molecule has 0 saturated heterocycles. The van der Waals surface area contributed by atoms with Crippen molar-refractivity contribution >= 4 is 38.8 Å². The minimum atomic E-state index is 0.436. The molecule has 18 heavy (non-hydrogen) atoms. The molecule has 0 radical (unpaired) electrons. The van der Waals surface area contributed by atoms with Gasteiger partial charge in [-0.2, -0.15) is 0 Å². The largest absolute Gasteiger partial charge is 0.389 e. The predicted octanol–water partition coefficient (Wildman–Crippen LogP) is 4.08. The normalized spacial score (nSPS) is 17.0. The maximum atomic E-state index is 5.62. The van der Waals surface area contributed by atoms with E-state index in [1.54, 1.807) is 0 Å². The monoisotopic (exact) mass is 326 g/mol. The Morgan fingerprint density at radius 1 is 1.50 bits per heavy atom. The summed E-state index contributed by atoms with van der Waals surface area (Å²) in [5, 5.41) is 3.54. The fourth-order valence-corrected chi connectivity index (χ4v) is 3.07. The van der Waals surface area contributed by atoms with Crippen LogP contribution in [0, 0.1) is 5.41 Å². The van der Waals surface area contributed by atoms with Gasteiger partial charge in [-0.3, -0.25) is 0 Å². The Morgan fingerprint density at radius 2 is 2.22 bits per heavy atom. The van der Waals surface area contributed by atoms with Crippen molar-refractivity contribution in [3.05, 3.63) is 28.2 Å². The van der Waals surface area contributed by atoms with Gasteiger partial charge in [0, 0.05) is 22.3 Å². The molecular formula is C14H19BrN2S. The maximum absolute atomic E-state index is 5.62. The summed E-state index contributed by atoms with van der Waals surface area (Å²) < 4.78 is 1.03. The number of rotatable bonds is 5. The Kier molecular flexibility index (Phi) is 4.28. The average molecular weight is 327 g/mol. The highest BCUT2D eigenvalue weighted by atomic mass is 79.9. The molecule has 0 bridgehead atoms. The van der Waals surface area contributed by atoms with Crippen molar-refractivity contribution in [2.24, 2.45) is 11.1 Å². The molecular weight excluding hydrogens is 308 g/mol. The molecule has 0 spiro atoms. The van der Waals surface area contributed by atoms with Gasteiger partial charge < -0.3 is 11.1 Å². The highest BCUT2D eigenvalue weighted by Crippen LogP contribution is 2.44. The first-order valence-electron chi connectivity index (χ1n) is 6.39. The first-order chi connectivity index (χ1) is 8.56. The molecule has 2 rings (SSSR count). The summed E-state index contributed by atoms with van der Waals surface area (Å²) in [6.45, 7) is 3.33. The van der Waals surface area contributed by atoms with Gasteiger partial charge >= 0.3 is 0 Å². The van der Waals surface area contributed by atoms with Crippen LogP contribution in [-0.2, 0) is 0 Å². The van der Waals surface area contributed by atoms with Crippen LogP contribution < -0.4 is 11.1 Å². The van der Waals surface area contributed by atoms with Crippen LogP contribution in [0.3, 0.4) is 0 Å². The third-order valence-electron chi connectivity index (χ3n) is 4.07. The van der Waals surface area contributed by atoms with Gasteiger partial charge in [0.25, 0.3) is 0 Å². The number of thiocarbonyl (C=S) groups is 1. The third kappa shape index (κ3) is 2.86. The van der Waals surface area contributed by atoms with Crippen LogP contribution in [0.15, 0.2) is 22.7 Å². The first kappa shape index (κ1) is 13.8. The molecule has 0 heterocycles. The average Bonchev–Trinajstić information content (AvgIpc) is 2.29. The quantitative estimate of drug-likeness (QED) is 0.801. The summed E-state index contributed by atoms with van der Waals surface area (Å²) in [6, 6.07) is 5.99. The molecule has 1 aromatic carbocycles. The lowest BCUT2D eigenvalue weighted by Gasteiger charge is -2.41. The van der Waals surface area contributed by atoms with Crippen LogP contribution in [-0.4, -0.2) is 11.5 Å². The van der Waals surface area contributed by atoms with E-state index in [9.17, 15) is 0 Å². The van der Waals surface area contributed by atoms with Crippen LogP contribution in [0.5, 0.6) is 0 Å². The Hall–Kier alpha value is -0.610. The zero-order valence-corrected chi connectivity index (χ0v) is 13.0. The van der Waals surface area contributed by atoms with Gasteiger partial charge in [0.15, 0.2) is 0 Å². The van der Waals surface area contributed by atoms with Gasteiger partial charge in [0.2, 0.25) is 0 Å². The topological polar surface area (TPSA) is 38.0 Å². The minimum Gasteiger partial charge on any atom is -0.389 e. The Morgan fingerprint density at radius 3 is 2.67 bits per heavy atom. The molecule has 2 nitrogen and oxygen atoms in total. The smallest absolute Gasteiger partial charge is 0.104 e. The van der Waals surface area contributed by atoms with E-state index >= 15 is 0 Å². The number of nitrogens with two attached hydrogens (primary N) is 1. The van der Waals surface area contributed by atoms with E-state index in [2.05, 4.69) is 28.2 Å². The van der Waals surface area contributed by atoms with E-state index in [-0.39, 0.29) is 0 Å². The van der Waals surface area contributed by atoms with E-state index in [1.165, 1.54) is 25.7 Å². The molecule has 0 atom stereocenters. The molecule has 1 aromatic rings. The highest BCUT2D eigenvalue weighted by molar-refractivity contribution is 9.10. The molecule has 0 aliphatic heterocycles. The van der Waals surface area contributed by atoms with Crippen LogP contribution >= 0.6 is 28.1 Å². The molecule has 1 fully saturated rings. The second-order valence-electron chi connectivity index (χ2n) is 5.12. The van der Waals surface area contributed by atoms with E-state index in [0.717, 1.165) is 22.3 Å². The van der Waals surface area contributed by atoms with Crippen molar-refractivity contribution in [3.63, 3.8) is 0 Å². The number of nitrogens with one attached hydrogen (secondary N) is 1. The molecule has 0 aromatic heterocycles. The molecule has 4 heteroatoms. The summed E-state index contributed by atoms with van der Waals surface area (Å²) in [7, 11) is 0. The standard InChI is InChI=1S/C14H19BrN2S/c1-2-14(6-3-7-14)9-17-12-5-4-10(13(16)18)8-11(12)15/h4-5,8,17H,2-3,6-7,9H2,1H3,(H2,16,18). The van der Waals surface area contributed by atoms with Gasteiger partial charge in [-0.1, -0.05) is 25.6 Å². The lowest BCUT2D eigenvalue weighted by molar-refractivity contribution is 0.145. The summed E-state index contributed by atoms with van der Waals surface area (Å²) in [5.74, 6) is 0.